The summed E-state index contributed by atoms with van der Waals surface area (Å²) in [4.78, 5) is 70.7. The normalized spacial score (nSPS) is 26.6. The maximum Gasteiger partial charge on any atom is 0.273 e. The van der Waals surface area contributed by atoms with Crippen LogP contribution in [0.25, 0.3) is 0 Å². The first-order valence-electron chi connectivity index (χ1n) is 21.1. The molecule has 0 bridgehead atoms. The molecule has 1 aromatic heterocycles. The Hall–Kier alpha value is -5.40. The molecule has 4 aliphatic heterocycles. The van der Waals surface area contributed by atoms with E-state index in [1.807, 2.05) is 4.90 Å². The van der Waals surface area contributed by atoms with Gasteiger partial charge in [-0.25, -0.2) is 4.39 Å². The number of amides is 5. The Kier molecular flexibility index (Phi) is 10.8. The van der Waals surface area contributed by atoms with Crippen molar-refractivity contribution in [1.29, 1.82) is 5.26 Å². The van der Waals surface area contributed by atoms with Gasteiger partial charge in [-0.3, -0.25) is 34.2 Å². The topological polar surface area (TPSA) is 183 Å². The molecule has 5 amide bonds. The van der Waals surface area contributed by atoms with Crippen molar-refractivity contribution in [3.05, 3.63) is 69.8 Å². The SMILES string of the molecule is N#Cc1ccc(OC2CCC(NC(=O)c3cnn(C4CCC(CN5CCC6(CC5)CN(c5cc7c(cc5F)C(=O)N(C5CCC(=O)NC5=O)C7=O)C6)CC4)n3)CC2)cc1Cl. The number of ether oxygens (including phenoxy) is 1. The zero-order chi connectivity index (χ0) is 41.7. The second-order valence-electron chi connectivity index (χ2n) is 17.5. The van der Waals surface area contributed by atoms with Crippen molar-refractivity contribution in [1.82, 2.24) is 35.4 Å². The van der Waals surface area contributed by atoms with Crippen molar-refractivity contribution < 1.29 is 33.1 Å². The van der Waals surface area contributed by atoms with E-state index in [0.29, 0.717) is 46.7 Å². The molecule has 6 aliphatic rings. The molecule has 314 valence electrons. The summed E-state index contributed by atoms with van der Waals surface area (Å²) in [6.07, 6.45) is 10.8. The number of likely N-dealkylation sites (tertiary alicyclic amines) is 1. The molecule has 1 unspecified atom stereocenters. The highest BCUT2D eigenvalue weighted by Crippen LogP contribution is 2.45. The molecule has 1 spiro atoms. The predicted molar refractivity (Wildman–Crippen MR) is 215 cm³/mol. The van der Waals surface area contributed by atoms with Gasteiger partial charge < -0.3 is 19.9 Å². The van der Waals surface area contributed by atoms with Crippen LogP contribution in [0.4, 0.5) is 10.1 Å². The number of anilines is 1. The van der Waals surface area contributed by atoms with E-state index < -0.39 is 35.5 Å². The average molecular weight is 840 g/mol. The monoisotopic (exact) mass is 839 g/mol. The summed E-state index contributed by atoms with van der Waals surface area (Å²) in [7, 11) is 0. The fraction of sp³-hybridized carbons (Fsp3) is 0.535. The maximum absolute atomic E-state index is 15.4. The molecular formula is C43H47ClFN9O6. The minimum atomic E-state index is -1.09. The second kappa shape index (κ2) is 16.2. The van der Waals surface area contributed by atoms with Crippen molar-refractivity contribution in [2.24, 2.45) is 11.3 Å². The molecule has 0 radical (unpaired) electrons. The smallest absolute Gasteiger partial charge is 0.273 e. The van der Waals surface area contributed by atoms with Gasteiger partial charge in [0.15, 0.2) is 5.69 Å². The lowest BCUT2D eigenvalue weighted by molar-refractivity contribution is -0.136. The molecule has 2 aliphatic carbocycles. The number of halogens is 2. The van der Waals surface area contributed by atoms with Gasteiger partial charge in [-0.05, 0) is 114 Å². The molecule has 3 aromatic rings. The third kappa shape index (κ3) is 7.85. The van der Waals surface area contributed by atoms with E-state index in [2.05, 4.69) is 31.8 Å². The molecular weight excluding hydrogens is 793 g/mol. The number of rotatable bonds is 9. The second-order valence-corrected chi connectivity index (χ2v) is 17.9. The van der Waals surface area contributed by atoms with Crippen LogP contribution in [0.5, 0.6) is 5.75 Å². The van der Waals surface area contributed by atoms with Crippen LogP contribution in [0.15, 0.2) is 36.5 Å². The van der Waals surface area contributed by atoms with Gasteiger partial charge in [-0.15, -0.1) is 5.10 Å². The molecule has 60 heavy (non-hydrogen) atoms. The van der Waals surface area contributed by atoms with Gasteiger partial charge in [0.25, 0.3) is 17.7 Å². The quantitative estimate of drug-likeness (QED) is 0.283. The summed E-state index contributed by atoms with van der Waals surface area (Å²) in [6, 6.07) is 8.79. The third-order valence-electron chi connectivity index (χ3n) is 13.6. The van der Waals surface area contributed by atoms with Gasteiger partial charge in [0, 0.05) is 43.6 Å². The van der Waals surface area contributed by atoms with Crippen LogP contribution >= 0.6 is 11.6 Å². The molecule has 5 heterocycles. The molecule has 5 fully saturated rings. The zero-order valence-corrected chi connectivity index (χ0v) is 34.0. The van der Waals surface area contributed by atoms with Crippen molar-refractivity contribution in [2.75, 3.05) is 37.6 Å². The van der Waals surface area contributed by atoms with Gasteiger partial charge in [-0.1, -0.05) is 11.6 Å². The summed E-state index contributed by atoms with van der Waals surface area (Å²) in [5.41, 5.74) is 1.15. The number of carbonyl (C=O) groups is 5. The number of imide groups is 2. The van der Waals surface area contributed by atoms with Crippen LogP contribution < -0.4 is 20.3 Å². The lowest BCUT2D eigenvalue weighted by Gasteiger charge is -2.55. The summed E-state index contributed by atoms with van der Waals surface area (Å²) >= 11 is 6.15. The number of piperidine rings is 2. The largest absolute Gasteiger partial charge is 0.490 e. The lowest BCUT2D eigenvalue weighted by Crippen LogP contribution is -2.61. The molecule has 2 saturated carbocycles. The summed E-state index contributed by atoms with van der Waals surface area (Å²) in [5, 5.41) is 23.9. The Morgan fingerprint density at radius 3 is 2.37 bits per heavy atom. The Morgan fingerprint density at radius 2 is 1.68 bits per heavy atom. The first-order valence-corrected chi connectivity index (χ1v) is 21.4. The first-order chi connectivity index (χ1) is 29.0. The van der Waals surface area contributed by atoms with Crippen LogP contribution in [-0.4, -0.2) is 105 Å². The molecule has 9 rings (SSSR count). The number of carbonyl (C=O) groups excluding carboxylic acids is 5. The Labute approximate surface area is 351 Å². The van der Waals surface area contributed by atoms with E-state index in [4.69, 9.17) is 21.6 Å². The van der Waals surface area contributed by atoms with Crippen molar-refractivity contribution in [3.8, 4) is 11.8 Å². The molecule has 17 heteroatoms. The highest BCUT2D eigenvalue weighted by atomic mass is 35.5. The number of aromatic nitrogens is 3. The highest BCUT2D eigenvalue weighted by Gasteiger charge is 2.48. The van der Waals surface area contributed by atoms with E-state index in [9.17, 15) is 24.0 Å². The summed E-state index contributed by atoms with van der Waals surface area (Å²) < 4.78 is 21.5. The number of hydrogen-bond acceptors (Lipinski definition) is 11. The molecule has 2 N–H and O–H groups in total. The number of nitrogens with one attached hydrogen (secondary N) is 2. The minimum absolute atomic E-state index is 0.0166. The van der Waals surface area contributed by atoms with Crippen molar-refractivity contribution in [2.45, 2.75) is 101 Å². The van der Waals surface area contributed by atoms with Crippen LogP contribution in [-0.2, 0) is 9.59 Å². The first kappa shape index (κ1) is 40.0. The van der Waals surface area contributed by atoms with E-state index >= 15 is 4.39 Å². The summed E-state index contributed by atoms with van der Waals surface area (Å²) in [5.74, 6) is -2.06. The van der Waals surface area contributed by atoms with Crippen LogP contribution in [0.3, 0.4) is 0 Å². The summed E-state index contributed by atoms with van der Waals surface area (Å²) in [6.45, 7) is 4.30. The molecule has 15 nitrogen and oxygen atoms in total. The van der Waals surface area contributed by atoms with Crippen LogP contribution in [0.2, 0.25) is 5.02 Å². The fourth-order valence-corrected chi connectivity index (χ4v) is 10.3. The van der Waals surface area contributed by atoms with Crippen molar-refractivity contribution >= 4 is 46.8 Å². The van der Waals surface area contributed by atoms with Gasteiger partial charge in [0.1, 0.15) is 23.7 Å². The number of benzene rings is 2. The van der Waals surface area contributed by atoms with Crippen molar-refractivity contribution in [3.63, 3.8) is 0 Å². The lowest BCUT2D eigenvalue weighted by atomic mass is 9.71. The average Bonchev–Trinajstić information content (AvgIpc) is 3.81. The zero-order valence-electron chi connectivity index (χ0n) is 33.2. The third-order valence-corrected chi connectivity index (χ3v) is 13.9. The van der Waals surface area contributed by atoms with Crippen LogP contribution in [0, 0.1) is 28.5 Å². The number of fused-ring (bicyclic) bond motifs is 1. The highest BCUT2D eigenvalue weighted by molar-refractivity contribution is 6.31. The molecule has 2 aromatic carbocycles. The fourth-order valence-electron chi connectivity index (χ4n) is 10.1. The van der Waals surface area contributed by atoms with E-state index in [-0.39, 0.29) is 53.5 Å². The Morgan fingerprint density at radius 1 is 0.967 bits per heavy atom. The molecule has 3 saturated heterocycles. The van der Waals surface area contributed by atoms with E-state index in [1.54, 1.807) is 29.2 Å². The van der Waals surface area contributed by atoms with Gasteiger partial charge in [0.05, 0.1) is 45.7 Å². The van der Waals surface area contributed by atoms with Gasteiger partial charge >= 0.3 is 0 Å². The number of nitriles is 1. The van der Waals surface area contributed by atoms with Crippen LogP contribution in [0.1, 0.15) is 120 Å². The van der Waals surface area contributed by atoms with E-state index in [1.165, 1.54) is 6.07 Å². The standard InChI is InChI=1S/C43H47ClFN9O6/c44-33-17-30(8-3-26(33)20-46)60-29-9-4-27(5-10-29)48-39(56)35-21-47-54(50-35)28-6-1-25(2-7-28)22-51-15-13-43(14-16-51)23-52(24-43)37-19-32-31(18-34(37)45)41(58)53(42(32)59)36-11-12-38(55)49-40(36)57/h3,8,17-19,21,25,27-29,36H,1-2,4-7,9-16,22-24H2,(H,48,56)(H,49,55,57). The number of nitrogens with zero attached hydrogens (tertiary/aromatic N) is 7. The van der Waals surface area contributed by atoms with E-state index in [0.717, 1.165) is 94.8 Å². The Balaban J connectivity index is 0.696. The minimum Gasteiger partial charge on any atom is -0.490 e. The predicted octanol–water partition coefficient (Wildman–Crippen LogP) is 4.80. The Bertz CT molecular complexity index is 2260. The number of hydrogen-bond donors (Lipinski definition) is 2. The van der Waals surface area contributed by atoms with Gasteiger partial charge in [-0.2, -0.15) is 15.2 Å². The molecule has 1 atom stereocenters. The maximum atomic E-state index is 15.4. The van der Waals surface area contributed by atoms with Gasteiger partial charge in [0.2, 0.25) is 11.8 Å².